The van der Waals surface area contributed by atoms with Crippen molar-refractivity contribution < 1.29 is 17.5 Å². The minimum Gasteiger partial charge on any atom is -0.380 e. The normalized spacial score (nSPS) is 19.6. The molecule has 136 valence electrons. The quantitative estimate of drug-likeness (QED) is 0.386. The Morgan fingerprint density at radius 2 is 2.21 bits per heavy atom. The second-order valence-electron chi connectivity index (χ2n) is 5.53. The molecule has 0 bridgehead atoms. The van der Waals surface area contributed by atoms with Crippen LogP contribution in [-0.2, 0) is 27.7 Å². The summed E-state index contributed by atoms with van der Waals surface area (Å²) in [5.41, 5.74) is 1.39. The van der Waals surface area contributed by atoms with Crippen LogP contribution in [0.3, 0.4) is 0 Å². The maximum Gasteiger partial charge on any atom is 0.191 e. The summed E-state index contributed by atoms with van der Waals surface area (Å²) in [6.45, 7) is 0.669. The number of guanidine groups is 1. The van der Waals surface area contributed by atoms with Gasteiger partial charge in [-0.3, -0.25) is 4.99 Å². The minimum atomic E-state index is -2.93. The molecule has 1 saturated heterocycles. The lowest BCUT2D eigenvalue weighted by Crippen LogP contribution is -2.43. The van der Waals surface area contributed by atoms with Crippen molar-refractivity contribution in [3.8, 4) is 0 Å². The number of nitrogens with zero attached hydrogens (tertiary/aromatic N) is 1. The molecule has 24 heavy (non-hydrogen) atoms. The highest BCUT2D eigenvalue weighted by Crippen LogP contribution is 2.12. The number of rotatable bonds is 5. The summed E-state index contributed by atoms with van der Waals surface area (Å²) in [5, 5.41) is 6.21. The van der Waals surface area contributed by atoms with Gasteiger partial charge in [0.2, 0.25) is 0 Å². The maximum atomic E-state index is 13.6. The minimum absolute atomic E-state index is 0. The van der Waals surface area contributed by atoms with Crippen LogP contribution < -0.4 is 10.6 Å². The molecule has 1 aliphatic rings. The zero-order valence-electron chi connectivity index (χ0n) is 13.7. The Kier molecular flexibility index (Phi) is 8.37. The van der Waals surface area contributed by atoms with Gasteiger partial charge in [0.25, 0.3) is 0 Å². The third-order valence-corrected chi connectivity index (χ3v) is 5.43. The van der Waals surface area contributed by atoms with Crippen molar-refractivity contribution >= 4 is 39.8 Å². The van der Waals surface area contributed by atoms with E-state index in [9.17, 15) is 12.8 Å². The van der Waals surface area contributed by atoms with Crippen molar-refractivity contribution in [2.24, 2.45) is 4.99 Å². The zero-order chi connectivity index (χ0) is 16.9. The molecule has 2 rings (SSSR count). The first-order valence-corrected chi connectivity index (χ1v) is 9.19. The Morgan fingerprint density at radius 1 is 1.46 bits per heavy atom. The molecule has 0 aliphatic carbocycles. The average molecular weight is 471 g/mol. The van der Waals surface area contributed by atoms with Crippen molar-refractivity contribution in [3.05, 3.63) is 35.1 Å². The van der Waals surface area contributed by atoms with Crippen LogP contribution in [0.25, 0.3) is 0 Å². The Balaban J connectivity index is 0.00000288. The molecule has 0 radical (unpaired) electrons. The first-order chi connectivity index (χ1) is 10.9. The molecular weight excluding hydrogens is 448 g/mol. The number of aliphatic imine (C=N–C) groups is 1. The standard InChI is InChI=1S/C15H22FN3O3S.HI/c1-17-15(19-13-5-6-23(20,21)10-13)18-8-11-3-4-14(16)12(7-11)9-22-2;/h3-4,7,13H,5-6,8-10H2,1-2H3,(H2,17,18,19);1H. The average Bonchev–Trinajstić information content (AvgIpc) is 2.85. The zero-order valence-corrected chi connectivity index (χ0v) is 16.9. The fourth-order valence-electron chi connectivity index (χ4n) is 2.49. The van der Waals surface area contributed by atoms with Gasteiger partial charge in [0.15, 0.2) is 15.8 Å². The molecule has 2 N–H and O–H groups in total. The first-order valence-electron chi connectivity index (χ1n) is 7.37. The highest BCUT2D eigenvalue weighted by atomic mass is 127. The predicted octanol–water partition coefficient (Wildman–Crippen LogP) is 1.44. The second-order valence-corrected chi connectivity index (χ2v) is 7.76. The van der Waals surface area contributed by atoms with E-state index in [-0.39, 0.29) is 53.9 Å². The Hall–Kier alpha value is -0.940. The highest BCUT2D eigenvalue weighted by molar-refractivity contribution is 14.0. The number of hydrogen-bond donors (Lipinski definition) is 2. The van der Waals surface area contributed by atoms with E-state index in [1.54, 1.807) is 19.2 Å². The fraction of sp³-hybridized carbons (Fsp3) is 0.533. The first kappa shape index (κ1) is 21.1. The van der Waals surface area contributed by atoms with Crippen LogP contribution >= 0.6 is 24.0 Å². The van der Waals surface area contributed by atoms with Gasteiger partial charge in [0.1, 0.15) is 5.82 Å². The lowest BCUT2D eigenvalue weighted by Gasteiger charge is -2.16. The summed E-state index contributed by atoms with van der Waals surface area (Å²) < 4.78 is 41.5. The van der Waals surface area contributed by atoms with Crippen molar-refractivity contribution in [2.45, 2.75) is 25.6 Å². The number of halogens is 2. The summed E-state index contributed by atoms with van der Waals surface area (Å²) >= 11 is 0. The van der Waals surface area contributed by atoms with E-state index >= 15 is 0 Å². The summed E-state index contributed by atoms with van der Waals surface area (Å²) in [5.74, 6) is 0.571. The molecule has 1 heterocycles. The lowest BCUT2D eigenvalue weighted by atomic mass is 10.1. The summed E-state index contributed by atoms with van der Waals surface area (Å²) in [7, 11) is 0.210. The summed E-state index contributed by atoms with van der Waals surface area (Å²) in [6.07, 6.45) is 0.581. The van der Waals surface area contributed by atoms with E-state index in [4.69, 9.17) is 4.74 Å². The predicted molar refractivity (Wildman–Crippen MR) is 103 cm³/mol. The molecule has 0 aromatic heterocycles. The van der Waals surface area contributed by atoms with Gasteiger partial charge in [-0.25, -0.2) is 12.8 Å². The topological polar surface area (TPSA) is 79.8 Å². The fourth-order valence-corrected chi connectivity index (χ4v) is 4.16. The third kappa shape index (κ3) is 6.17. The largest absolute Gasteiger partial charge is 0.380 e. The van der Waals surface area contributed by atoms with Crippen molar-refractivity contribution in [1.82, 2.24) is 10.6 Å². The Labute approximate surface area is 159 Å². The van der Waals surface area contributed by atoms with Crippen LogP contribution in [0.4, 0.5) is 4.39 Å². The van der Waals surface area contributed by atoms with E-state index < -0.39 is 9.84 Å². The third-order valence-electron chi connectivity index (χ3n) is 3.67. The summed E-state index contributed by atoms with van der Waals surface area (Å²) in [4.78, 5) is 4.09. The van der Waals surface area contributed by atoms with Crippen LogP contribution in [0.2, 0.25) is 0 Å². The van der Waals surface area contributed by atoms with Gasteiger partial charge < -0.3 is 15.4 Å². The van der Waals surface area contributed by atoms with Gasteiger partial charge in [-0.05, 0) is 24.1 Å². The number of ether oxygens (including phenoxy) is 1. The molecule has 9 heteroatoms. The monoisotopic (exact) mass is 471 g/mol. The Bertz CT molecular complexity index is 683. The number of nitrogens with one attached hydrogen (secondary N) is 2. The van der Waals surface area contributed by atoms with Crippen LogP contribution in [0.1, 0.15) is 17.5 Å². The van der Waals surface area contributed by atoms with Crippen LogP contribution in [0.15, 0.2) is 23.2 Å². The molecular formula is C15H23FIN3O3S. The molecule has 1 aromatic carbocycles. The van der Waals surface area contributed by atoms with Crippen molar-refractivity contribution in [3.63, 3.8) is 0 Å². The van der Waals surface area contributed by atoms with Gasteiger partial charge in [-0.1, -0.05) is 6.07 Å². The smallest absolute Gasteiger partial charge is 0.191 e. The molecule has 1 unspecified atom stereocenters. The molecule has 1 atom stereocenters. The Morgan fingerprint density at radius 3 is 2.79 bits per heavy atom. The van der Waals surface area contributed by atoms with Gasteiger partial charge in [-0.2, -0.15) is 0 Å². The second kappa shape index (κ2) is 9.52. The maximum absolute atomic E-state index is 13.6. The van der Waals surface area contributed by atoms with Gasteiger partial charge in [0.05, 0.1) is 18.1 Å². The summed E-state index contributed by atoms with van der Waals surface area (Å²) in [6, 6.07) is 4.71. The SMILES string of the molecule is CN=C(NCc1ccc(F)c(COC)c1)NC1CCS(=O)(=O)C1.I. The molecule has 6 nitrogen and oxygen atoms in total. The highest BCUT2D eigenvalue weighted by Gasteiger charge is 2.28. The van der Waals surface area contributed by atoms with E-state index in [2.05, 4.69) is 15.6 Å². The van der Waals surface area contributed by atoms with E-state index in [1.165, 1.54) is 13.2 Å². The number of methoxy groups -OCH3 is 1. The van der Waals surface area contributed by atoms with E-state index in [1.807, 2.05) is 0 Å². The molecule has 1 aromatic rings. The number of hydrogen-bond acceptors (Lipinski definition) is 4. The van der Waals surface area contributed by atoms with Gasteiger partial charge >= 0.3 is 0 Å². The molecule has 1 fully saturated rings. The lowest BCUT2D eigenvalue weighted by molar-refractivity contribution is 0.181. The van der Waals surface area contributed by atoms with E-state index in [0.29, 0.717) is 24.5 Å². The molecule has 1 aliphatic heterocycles. The van der Waals surface area contributed by atoms with Crippen molar-refractivity contribution in [2.75, 3.05) is 25.7 Å². The molecule has 0 amide bonds. The molecule has 0 spiro atoms. The van der Waals surface area contributed by atoms with E-state index in [0.717, 1.165) is 5.56 Å². The van der Waals surface area contributed by atoms with Crippen LogP contribution in [0, 0.1) is 5.82 Å². The van der Waals surface area contributed by atoms with Gasteiger partial charge in [-0.15, -0.1) is 24.0 Å². The molecule has 0 saturated carbocycles. The van der Waals surface area contributed by atoms with Crippen molar-refractivity contribution in [1.29, 1.82) is 0 Å². The van der Waals surface area contributed by atoms with Crippen LogP contribution in [-0.4, -0.2) is 46.1 Å². The number of benzene rings is 1. The van der Waals surface area contributed by atoms with Gasteiger partial charge in [0, 0.05) is 32.3 Å². The number of sulfone groups is 1. The van der Waals surface area contributed by atoms with Crippen LogP contribution in [0.5, 0.6) is 0 Å².